The molecule has 0 radical (unpaired) electrons. The average Bonchev–Trinajstić information content (AvgIpc) is 2.40. The highest BCUT2D eigenvalue weighted by Gasteiger charge is 2.20. The van der Waals surface area contributed by atoms with E-state index < -0.39 is 6.10 Å². The van der Waals surface area contributed by atoms with Crippen molar-refractivity contribution in [1.29, 1.82) is 0 Å². The molecule has 1 atom stereocenters. The lowest BCUT2D eigenvalue weighted by Gasteiger charge is -2.24. The molecule has 18 heavy (non-hydrogen) atoms. The summed E-state index contributed by atoms with van der Waals surface area (Å²) in [5, 5.41) is 0. The molecule has 0 spiro atoms. The molecular formula is C15H23NO2. The van der Waals surface area contributed by atoms with Crippen LogP contribution in [0.1, 0.15) is 33.6 Å². The summed E-state index contributed by atoms with van der Waals surface area (Å²) in [5.41, 5.74) is 0. The Kier molecular flexibility index (Phi) is 6.26. The first-order valence-corrected chi connectivity index (χ1v) is 6.69. The van der Waals surface area contributed by atoms with Crippen LogP contribution in [0, 0.1) is 0 Å². The van der Waals surface area contributed by atoms with Crippen molar-refractivity contribution >= 4 is 5.91 Å². The minimum atomic E-state index is -0.427. The standard InChI is InChI=1S/C15H23NO2/c1-4-6-12-16(5-2)15(17)13(3)18-14-10-8-7-9-11-14/h7-11,13H,4-6,12H2,1-3H3/t13-/m0/s1. The van der Waals surface area contributed by atoms with Crippen LogP contribution in [0.25, 0.3) is 0 Å². The number of hydrogen-bond donors (Lipinski definition) is 0. The van der Waals surface area contributed by atoms with Gasteiger partial charge in [-0.2, -0.15) is 0 Å². The van der Waals surface area contributed by atoms with E-state index in [0.29, 0.717) is 0 Å². The second kappa shape index (κ2) is 7.75. The number of unbranched alkanes of at least 4 members (excludes halogenated alkanes) is 1. The van der Waals surface area contributed by atoms with E-state index in [9.17, 15) is 4.79 Å². The molecule has 1 rings (SSSR count). The molecule has 1 amide bonds. The van der Waals surface area contributed by atoms with Gasteiger partial charge in [-0.1, -0.05) is 31.5 Å². The van der Waals surface area contributed by atoms with Gasteiger partial charge in [0.05, 0.1) is 0 Å². The molecule has 0 N–H and O–H groups in total. The number of amides is 1. The number of likely N-dealkylation sites (N-methyl/N-ethyl adjacent to an activating group) is 1. The Bertz CT molecular complexity index is 351. The molecule has 0 aliphatic rings. The molecule has 0 aliphatic heterocycles. The number of para-hydroxylation sites is 1. The predicted molar refractivity (Wildman–Crippen MR) is 73.7 cm³/mol. The summed E-state index contributed by atoms with van der Waals surface area (Å²) in [7, 11) is 0. The first kappa shape index (κ1) is 14.6. The third kappa shape index (κ3) is 4.40. The van der Waals surface area contributed by atoms with Crippen molar-refractivity contribution in [2.45, 2.75) is 39.7 Å². The lowest BCUT2D eigenvalue weighted by atomic mass is 10.2. The van der Waals surface area contributed by atoms with Crippen molar-refractivity contribution < 1.29 is 9.53 Å². The van der Waals surface area contributed by atoms with Gasteiger partial charge in [0.15, 0.2) is 6.10 Å². The van der Waals surface area contributed by atoms with Gasteiger partial charge in [-0.3, -0.25) is 4.79 Å². The summed E-state index contributed by atoms with van der Waals surface area (Å²) in [4.78, 5) is 14.0. The summed E-state index contributed by atoms with van der Waals surface area (Å²) < 4.78 is 5.65. The fourth-order valence-electron chi connectivity index (χ4n) is 1.78. The van der Waals surface area contributed by atoms with Crippen LogP contribution < -0.4 is 4.74 Å². The summed E-state index contributed by atoms with van der Waals surface area (Å²) in [6.07, 6.45) is 1.71. The number of hydrogen-bond acceptors (Lipinski definition) is 2. The van der Waals surface area contributed by atoms with Gasteiger partial charge in [-0.25, -0.2) is 0 Å². The van der Waals surface area contributed by atoms with Crippen LogP contribution in [0.2, 0.25) is 0 Å². The lowest BCUT2D eigenvalue weighted by molar-refractivity contribution is -0.137. The fourth-order valence-corrected chi connectivity index (χ4v) is 1.78. The van der Waals surface area contributed by atoms with E-state index in [4.69, 9.17) is 4.74 Å². The van der Waals surface area contributed by atoms with E-state index in [1.165, 1.54) is 0 Å². The van der Waals surface area contributed by atoms with Crippen LogP contribution in [0.3, 0.4) is 0 Å². The summed E-state index contributed by atoms with van der Waals surface area (Å²) >= 11 is 0. The molecule has 100 valence electrons. The van der Waals surface area contributed by atoms with Gasteiger partial charge in [-0.15, -0.1) is 0 Å². The molecule has 0 aromatic heterocycles. The zero-order valence-corrected chi connectivity index (χ0v) is 11.6. The van der Waals surface area contributed by atoms with Crippen LogP contribution in [0.4, 0.5) is 0 Å². The van der Waals surface area contributed by atoms with E-state index >= 15 is 0 Å². The van der Waals surface area contributed by atoms with E-state index in [1.54, 1.807) is 0 Å². The highest BCUT2D eigenvalue weighted by atomic mass is 16.5. The predicted octanol–water partition coefficient (Wildman–Crippen LogP) is 3.10. The van der Waals surface area contributed by atoms with Gasteiger partial charge in [0.1, 0.15) is 5.75 Å². The molecule has 0 fully saturated rings. The monoisotopic (exact) mass is 249 g/mol. The van der Waals surface area contributed by atoms with E-state index in [-0.39, 0.29) is 5.91 Å². The molecule has 0 heterocycles. The van der Waals surface area contributed by atoms with Crippen molar-refractivity contribution in [2.24, 2.45) is 0 Å². The summed E-state index contributed by atoms with van der Waals surface area (Å²) in [6.45, 7) is 7.49. The lowest BCUT2D eigenvalue weighted by Crippen LogP contribution is -2.40. The van der Waals surface area contributed by atoms with Crippen molar-refractivity contribution in [3.8, 4) is 5.75 Å². The minimum absolute atomic E-state index is 0.0646. The molecule has 0 unspecified atom stereocenters. The normalized spacial score (nSPS) is 11.9. The topological polar surface area (TPSA) is 29.5 Å². The third-order valence-corrected chi connectivity index (χ3v) is 2.88. The maximum absolute atomic E-state index is 12.2. The van der Waals surface area contributed by atoms with Crippen LogP contribution >= 0.6 is 0 Å². The molecule has 0 aliphatic carbocycles. The van der Waals surface area contributed by atoms with Gasteiger partial charge in [0, 0.05) is 13.1 Å². The maximum Gasteiger partial charge on any atom is 0.263 e. The second-order valence-corrected chi connectivity index (χ2v) is 4.34. The quantitative estimate of drug-likeness (QED) is 0.743. The van der Waals surface area contributed by atoms with Crippen molar-refractivity contribution in [2.75, 3.05) is 13.1 Å². The van der Waals surface area contributed by atoms with Crippen LogP contribution in [0.15, 0.2) is 30.3 Å². The van der Waals surface area contributed by atoms with E-state index in [2.05, 4.69) is 6.92 Å². The molecule has 1 aromatic carbocycles. The van der Waals surface area contributed by atoms with Crippen molar-refractivity contribution in [1.82, 2.24) is 4.90 Å². The minimum Gasteiger partial charge on any atom is -0.481 e. The number of benzene rings is 1. The summed E-state index contributed by atoms with van der Waals surface area (Å²) in [6, 6.07) is 9.47. The Morgan fingerprint density at radius 1 is 1.28 bits per heavy atom. The Morgan fingerprint density at radius 3 is 2.50 bits per heavy atom. The Morgan fingerprint density at radius 2 is 1.94 bits per heavy atom. The largest absolute Gasteiger partial charge is 0.481 e. The molecular weight excluding hydrogens is 226 g/mol. The molecule has 0 saturated carbocycles. The zero-order chi connectivity index (χ0) is 13.4. The fraction of sp³-hybridized carbons (Fsp3) is 0.533. The first-order chi connectivity index (χ1) is 8.69. The van der Waals surface area contributed by atoms with Crippen LogP contribution in [-0.4, -0.2) is 30.0 Å². The number of carbonyl (C=O) groups excluding carboxylic acids is 1. The summed E-state index contributed by atoms with van der Waals surface area (Å²) in [5.74, 6) is 0.805. The van der Waals surface area contributed by atoms with Crippen molar-refractivity contribution in [3.63, 3.8) is 0 Å². The number of rotatable bonds is 7. The highest BCUT2D eigenvalue weighted by molar-refractivity contribution is 5.80. The molecule has 1 aromatic rings. The zero-order valence-electron chi connectivity index (χ0n) is 11.6. The van der Waals surface area contributed by atoms with Gasteiger partial charge in [-0.05, 0) is 32.4 Å². The molecule has 0 bridgehead atoms. The molecule has 0 saturated heterocycles. The SMILES string of the molecule is CCCCN(CC)C(=O)[C@H](C)Oc1ccccc1. The Labute approximate surface area is 110 Å². The van der Waals surface area contributed by atoms with Crippen LogP contribution in [-0.2, 0) is 4.79 Å². The molecule has 3 heteroatoms. The smallest absolute Gasteiger partial charge is 0.263 e. The van der Waals surface area contributed by atoms with Crippen molar-refractivity contribution in [3.05, 3.63) is 30.3 Å². The van der Waals surface area contributed by atoms with Gasteiger partial charge >= 0.3 is 0 Å². The number of nitrogens with zero attached hydrogens (tertiary/aromatic N) is 1. The van der Waals surface area contributed by atoms with Gasteiger partial charge in [0.2, 0.25) is 0 Å². The second-order valence-electron chi connectivity index (χ2n) is 4.34. The Balaban J connectivity index is 2.54. The van der Waals surface area contributed by atoms with Crippen LogP contribution in [0.5, 0.6) is 5.75 Å². The third-order valence-electron chi connectivity index (χ3n) is 2.88. The number of ether oxygens (including phenoxy) is 1. The first-order valence-electron chi connectivity index (χ1n) is 6.69. The van der Waals surface area contributed by atoms with Gasteiger partial charge in [0.25, 0.3) is 5.91 Å². The molecule has 3 nitrogen and oxygen atoms in total. The van der Waals surface area contributed by atoms with E-state index in [1.807, 2.05) is 49.1 Å². The Hall–Kier alpha value is -1.51. The average molecular weight is 249 g/mol. The van der Waals surface area contributed by atoms with Gasteiger partial charge < -0.3 is 9.64 Å². The maximum atomic E-state index is 12.2. The highest BCUT2D eigenvalue weighted by Crippen LogP contribution is 2.12. The number of carbonyl (C=O) groups is 1. The van der Waals surface area contributed by atoms with E-state index in [0.717, 1.165) is 31.7 Å².